The standard InChI is InChI=1S/C16H15N3O3S/c1-2-22-15(21)12-10-18-16(19-14(12)17)23-9-8-13(20)11-6-4-3-5-7-11/h3-10H,2H2,1H3,(H2,17,18,19). The molecule has 0 unspecified atom stereocenters. The van der Waals surface area contributed by atoms with Crippen LogP contribution in [0.2, 0.25) is 0 Å². The molecule has 1 heterocycles. The fourth-order valence-corrected chi connectivity index (χ4v) is 2.23. The summed E-state index contributed by atoms with van der Waals surface area (Å²) in [4.78, 5) is 31.5. The number of nitrogens with two attached hydrogens (primary N) is 1. The number of ketones is 1. The van der Waals surface area contributed by atoms with Crippen LogP contribution in [0.5, 0.6) is 0 Å². The van der Waals surface area contributed by atoms with E-state index in [0.29, 0.717) is 10.7 Å². The number of ether oxygens (including phenoxy) is 1. The van der Waals surface area contributed by atoms with E-state index in [1.165, 1.54) is 12.3 Å². The van der Waals surface area contributed by atoms with Gasteiger partial charge in [-0.1, -0.05) is 42.1 Å². The summed E-state index contributed by atoms with van der Waals surface area (Å²) in [7, 11) is 0. The molecule has 2 N–H and O–H groups in total. The summed E-state index contributed by atoms with van der Waals surface area (Å²) in [6, 6.07) is 8.91. The van der Waals surface area contributed by atoms with Crippen LogP contribution in [0.25, 0.3) is 0 Å². The van der Waals surface area contributed by atoms with Gasteiger partial charge in [-0.25, -0.2) is 14.8 Å². The molecule has 118 valence electrons. The van der Waals surface area contributed by atoms with Crippen molar-refractivity contribution in [1.82, 2.24) is 9.97 Å². The lowest BCUT2D eigenvalue weighted by Crippen LogP contribution is -2.10. The molecule has 0 spiro atoms. The third-order valence-electron chi connectivity index (χ3n) is 2.74. The van der Waals surface area contributed by atoms with Crippen LogP contribution in [-0.4, -0.2) is 28.3 Å². The van der Waals surface area contributed by atoms with Gasteiger partial charge in [0.25, 0.3) is 0 Å². The van der Waals surface area contributed by atoms with Crippen LogP contribution in [-0.2, 0) is 4.74 Å². The summed E-state index contributed by atoms with van der Waals surface area (Å²) in [5.74, 6) is -0.630. The third-order valence-corrected chi connectivity index (χ3v) is 3.42. The first-order chi connectivity index (χ1) is 11.1. The van der Waals surface area contributed by atoms with Gasteiger partial charge in [0.2, 0.25) is 0 Å². The van der Waals surface area contributed by atoms with E-state index in [9.17, 15) is 9.59 Å². The Morgan fingerprint density at radius 2 is 2.04 bits per heavy atom. The van der Waals surface area contributed by atoms with Crippen LogP contribution in [0.15, 0.2) is 53.2 Å². The highest BCUT2D eigenvalue weighted by Crippen LogP contribution is 2.18. The number of hydrogen-bond donors (Lipinski definition) is 1. The topological polar surface area (TPSA) is 95.2 Å². The number of nitrogens with zero attached hydrogens (tertiary/aromatic N) is 2. The summed E-state index contributed by atoms with van der Waals surface area (Å²) in [5, 5.41) is 1.92. The smallest absolute Gasteiger partial charge is 0.343 e. The summed E-state index contributed by atoms with van der Waals surface area (Å²) >= 11 is 1.14. The maximum Gasteiger partial charge on any atom is 0.343 e. The molecule has 0 radical (unpaired) electrons. The van der Waals surface area contributed by atoms with Crippen molar-refractivity contribution in [3.8, 4) is 0 Å². The summed E-state index contributed by atoms with van der Waals surface area (Å²) in [5.41, 5.74) is 6.44. The van der Waals surface area contributed by atoms with Gasteiger partial charge in [0, 0.05) is 11.8 Å². The Bertz CT molecular complexity index is 733. The molecule has 7 heteroatoms. The number of anilines is 1. The minimum atomic E-state index is -0.559. The van der Waals surface area contributed by atoms with Crippen LogP contribution in [0.1, 0.15) is 27.6 Å². The molecule has 1 aromatic heterocycles. The number of nitrogen functional groups attached to an aromatic ring is 1. The minimum absolute atomic E-state index is 0.0451. The third kappa shape index (κ3) is 4.65. The second-order valence-corrected chi connectivity index (χ2v) is 5.20. The average Bonchev–Trinajstić information content (AvgIpc) is 2.56. The molecule has 2 rings (SSSR count). The van der Waals surface area contributed by atoms with E-state index >= 15 is 0 Å². The van der Waals surface area contributed by atoms with Crippen molar-refractivity contribution < 1.29 is 14.3 Å². The first kappa shape index (κ1) is 16.7. The fourth-order valence-electron chi connectivity index (χ4n) is 1.66. The predicted molar refractivity (Wildman–Crippen MR) is 88.2 cm³/mol. The molecule has 0 bridgehead atoms. The summed E-state index contributed by atoms with van der Waals surface area (Å²) in [6.45, 7) is 1.95. The quantitative estimate of drug-likeness (QED) is 0.286. The van der Waals surface area contributed by atoms with Gasteiger partial charge in [-0.3, -0.25) is 4.79 Å². The van der Waals surface area contributed by atoms with Crippen LogP contribution in [0.3, 0.4) is 0 Å². The van der Waals surface area contributed by atoms with Gasteiger partial charge in [-0.2, -0.15) is 0 Å². The van der Waals surface area contributed by atoms with Gasteiger partial charge in [-0.05, 0) is 18.4 Å². The monoisotopic (exact) mass is 329 g/mol. The zero-order valence-electron chi connectivity index (χ0n) is 12.4. The number of carbonyl (C=O) groups excluding carboxylic acids is 2. The highest BCUT2D eigenvalue weighted by atomic mass is 32.2. The van der Waals surface area contributed by atoms with Gasteiger partial charge in [0.05, 0.1) is 6.61 Å². The first-order valence-corrected chi connectivity index (χ1v) is 7.72. The Morgan fingerprint density at radius 3 is 2.70 bits per heavy atom. The van der Waals surface area contributed by atoms with E-state index in [1.54, 1.807) is 36.6 Å². The van der Waals surface area contributed by atoms with Crippen LogP contribution >= 0.6 is 11.8 Å². The highest BCUT2D eigenvalue weighted by molar-refractivity contribution is 8.02. The molecule has 23 heavy (non-hydrogen) atoms. The highest BCUT2D eigenvalue weighted by Gasteiger charge is 2.13. The SMILES string of the molecule is CCOC(=O)c1cnc(SC=CC(=O)c2ccccc2)nc1N. The minimum Gasteiger partial charge on any atom is -0.462 e. The van der Waals surface area contributed by atoms with E-state index < -0.39 is 5.97 Å². The number of allylic oxidation sites excluding steroid dienone is 1. The molecular weight excluding hydrogens is 314 g/mol. The van der Waals surface area contributed by atoms with Gasteiger partial charge in [-0.15, -0.1) is 0 Å². The fraction of sp³-hybridized carbons (Fsp3) is 0.125. The van der Waals surface area contributed by atoms with Crippen LogP contribution in [0, 0.1) is 0 Å². The largest absolute Gasteiger partial charge is 0.462 e. The number of hydrogen-bond acceptors (Lipinski definition) is 7. The van der Waals surface area contributed by atoms with E-state index in [-0.39, 0.29) is 23.8 Å². The molecule has 0 aliphatic rings. The maximum absolute atomic E-state index is 11.9. The molecule has 0 saturated heterocycles. The summed E-state index contributed by atoms with van der Waals surface area (Å²) in [6.07, 6.45) is 2.74. The van der Waals surface area contributed by atoms with Crippen molar-refractivity contribution in [3.63, 3.8) is 0 Å². The molecule has 0 saturated carbocycles. The molecular formula is C16H15N3O3S. The molecule has 0 atom stereocenters. The van der Waals surface area contributed by atoms with Crippen molar-refractivity contribution in [3.05, 3.63) is 59.1 Å². The first-order valence-electron chi connectivity index (χ1n) is 6.84. The van der Waals surface area contributed by atoms with Crippen LogP contribution < -0.4 is 5.73 Å². The van der Waals surface area contributed by atoms with Crippen molar-refractivity contribution in [1.29, 1.82) is 0 Å². The number of thioether (sulfide) groups is 1. The molecule has 0 aliphatic carbocycles. The van der Waals surface area contributed by atoms with Gasteiger partial charge >= 0.3 is 5.97 Å². The van der Waals surface area contributed by atoms with Gasteiger partial charge < -0.3 is 10.5 Å². The van der Waals surface area contributed by atoms with Crippen molar-refractivity contribution in [2.24, 2.45) is 0 Å². The second kappa shape index (κ2) is 8.09. The molecule has 2 aromatic rings. The second-order valence-electron chi connectivity index (χ2n) is 4.32. The average molecular weight is 329 g/mol. The molecule has 6 nitrogen and oxygen atoms in total. The zero-order valence-corrected chi connectivity index (χ0v) is 13.2. The van der Waals surface area contributed by atoms with Crippen LogP contribution in [0.4, 0.5) is 5.82 Å². The molecule has 0 fully saturated rings. The number of rotatable bonds is 6. The lowest BCUT2D eigenvalue weighted by atomic mass is 10.1. The van der Waals surface area contributed by atoms with E-state index in [2.05, 4.69) is 9.97 Å². The predicted octanol–water partition coefficient (Wildman–Crippen LogP) is 2.72. The zero-order chi connectivity index (χ0) is 16.7. The van der Waals surface area contributed by atoms with Gasteiger partial charge in [0.1, 0.15) is 11.4 Å². The Labute approximate surface area is 137 Å². The Hall–Kier alpha value is -2.67. The number of aromatic nitrogens is 2. The lowest BCUT2D eigenvalue weighted by molar-refractivity contribution is 0.0526. The Morgan fingerprint density at radius 1 is 1.30 bits per heavy atom. The Balaban J connectivity index is 2.01. The van der Waals surface area contributed by atoms with Crippen molar-refractivity contribution in [2.75, 3.05) is 12.3 Å². The van der Waals surface area contributed by atoms with Crippen molar-refractivity contribution in [2.45, 2.75) is 12.1 Å². The number of carbonyl (C=O) groups is 2. The molecule has 0 amide bonds. The molecule has 1 aromatic carbocycles. The summed E-state index contributed by atoms with van der Waals surface area (Å²) < 4.78 is 4.85. The Kier molecular flexibility index (Phi) is 5.87. The normalized spacial score (nSPS) is 10.7. The maximum atomic E-state index is 11.9. The van der Waals surface area contributed by atoms with Gasteiger partial charge in [0.15, 0.2) is 10.9 Å². The van der Waals surface area contributed by atoms with E-state index in [0.717, 1.165) is 11.8 Å². The lowest BCUT2D eigenvalue weighted by Gasteiger charge is -2.04. The number of esters is 1. The van der Waals surface area contributed by atoms with E-state index in [1.807, 2.05) is 6.07 Å². The van der Waals surface area contributed by atoms with Crippen molar-refractivity contribution >= 4 is 29.3 Å². The number of benzene rings is 1. The molecule has 0 aliphatic heterocycles. The van der Waals surface area contributed by atoms with E-state index in [4.69, 9.17) is 10.5 Å².